The molecule has 1 aromatic carbocycles. The van der Waals surface area contributed by atoms with Crippen molar-refractivity contribution in [3.63, 3.8) is 0 Å². The fourth-order valence-corrected chi connectivity index (χ4v) is 3.46. The molecule has 1 atom stereocenters. The molecule has 2 aliphatic rings. The van der Waals surface area contributed by atoms with Crippen LogP contribution in [0.3, 0.4) is 0 Å². The van der Waals surface area contributed by atoms with E-state index in [0.29, 0.717) is 19.1 Å². The van der Waals surface area contributed by atoms with E-state index in [9.17, 15) is 0 Å². The molecule has 0 spiro atoms. The number of hydrogen-bond donors (Lipinski definition) is 2. The van der Waals surface area contributed by atoms with Crippen molar-refractivity contribution in [2.75, 3.05) is 52.6 Å². The molecule has 2 fully saturated rings. The molecule has 1 unspecified atom stereocenters. The van der Waals surface area contributed by atoms with Crippen molar-refractivity contribution in [3.8, 4) is 5.75 Å². The Kier molecular flexibility index (Phi) is 8.39. The van der Waals surface area contributed by atoms with E-state index in [1.807, 2.05) is 0 Å². The minimum Gasteiger partial charge on any atom is -0.491 e. The van der Waals surface area contributed by atoms with E-state index in [2.05, 4.69) is 40.3 Å². The van der Waals surface area contributed by atoms with Gasteiger partial charge in [0.25, 0.3) is 0 Å². The molecule has 28 heavy (non-hydrogen) atoms. The molecule has 7 heteroatoms. The van der Waals surface area contributed by atoms with Gasteiger partial charge in [0, 0.05) is 31.8 Å². The standard InChI is InChI=1S/C21H34N4O3/c1-17-5-6-18(20(14-17)28-16-19-4-2-11-27-19)15-24-21(22)23-7-3-8-25-9-12-26-13-10-25/h5-6,14,19H,2-4,7-13,15-16H2,1H3,(H3,22,23,24). The fourth-order valence-electron chi connectivity index (χ4n) is 3.46. The quantitative estimate of drug-likeness (QED) is 0.379. The number of aliphatic imine (C=N–C) groups is 1. The first-order valence-electron chi connectivity index (χ1n) is 10.4. The van der Waals surface area contributed by atoms with Crippen LogP contribution >= 0.6 is 0 Å². The number of rotatable bonds is 9. The van der Waals surface area contributed by atoms with Crippen LogP contribution < -0.4 is 15.8 Å². The van der Waals surface area contributed by atoms with Gasteiger partial charge in [-0.05, 0) is 44.4 Å². The number of ether oxygens (including phenoxy) is 3. The molecule has 3 rings (SSSR count). The van der Waals surface area contributed by atoms with Gasteiger partial charge in [0.1, 0.15) is 12.4 Å². The topological polar surface area (TPSA) is 81.3 Å². The minimum absolute atomic E-state index is 0.204. The Bertz CT molecular complexity index is 626. The first-order chi connectivity index (χ1) is 13.7. The number of nitrogens with two attached hydrogens (primary N) is 1. The molecule has 0 aromatic heterocycles. The normalized spacial score (nSPS) is 21.0. The summed E-state index contributed by atoms with van der Waals surface area (Å²) in [6, 6.07) is 6.21. The lowest BCUT2D eigenvalue weighted by molar-refractivity contribution is 0.0376. The molecule has 2 aliphatic heterocycles. The highest BCUT2D eigenvalue weighted by atomic mass is 16.5. The average Bonchev–Trinajstić information content (AvgIpc) is 3.23. The summed E-state index contributed by atoms with van der Waals surface area (Å²) in [4.78, 5) is 6.91. The molecule has 0 radical (unpaired) electrons. The monoisotopic (exact) mass is 390 g/mol. The number of nitrogens with zero attached hydrogens (tertiary/aromatic N) is 2. The highest BCUT2D eigenvalue weighted by Crippen LogP contribution is 2.23. The van der Waals surface area contributed by atoms with E-state index in [0.717, 1.165) is 76.6 Å². The van der Waals surface area contributed by atoms with Gasteiger partial charge in [0.15, 0.2) is 5.96 Å². The van der Waals surface area contributed by atoms with Crippen LogP contribution in [0.4, 0.5) is 0 Å². The number of nitrogens with one attached hydrogen (secondary N) is 1. The van der Waals surface area contributed by atoms with Crippen LogP contribution in [-0.2, 0) is 16.0 Å². The highest BCUT2D eigenvalue weighted by Gasteiger charge is 2.17. The molecule has 2 saturated heterocycles. The van der Waals surface area contributed by atoms with Crippen LogP contribution in [0.5, 0.6) is 5.75 Å². The summed E-state index contributed by atoms with van der Waals surface area (Å²) in [5, 5.41) is 3.21. The summed E-state index contributed by atoms with van der Waals surface area (Å²) < 4.78 is 17.0. The van der Waals surface area contributed by atoms with E-state index in [1.54, 1.807) is 0 Å². The van der Waals surface area contributed by atoms with E-state index in [4.69, 9.17) is 19.9 Å². The summed E-state index contributed by atoms with van der Waals surface area (Å²) in [5.74, 6) is 1.35. The van der Waals surface area contributed by atoms with Crippen LogP contribution in [0.1, 0.15) is 30.4 Å². The minimum atomic E-state index is 0.204. The molecule has 0 bridgehead atoms. The lowest BCUT2D eigenvalue weighted by Crippen LogP contribution is -2.39. The van der Waals surface area contributed by atoms with Crippen molar-refractivity contribution in [1.82, 2.24) is 10.2 Å². The second kappa shape index (κ2) is 11.2. The number of guanidine groups is 1. The first-order valence-corrected chi connectivity index (χ1v) is 10.4. The predicted molar refractivity (Wildman–Crippen MR) is 111 cm³/mol. The van der Waals surface area contributed by atoms with Crippen molar-refractivity contribution in [1.29, 1.82) is 0 Å². The van der Waals surface area contributed by atoms with Crippen molar-refractivity contribution >= 4 is 5.96 Å². The van der Waals surface area contributed by atoms with Gasteiger partial charge >= 0.3 is 0 Å². The molecule has 3 N–H and O–H groups in total. The Morgan fingerprint density at radius 1 is 1.32 bits per heavy atom. The first kappa shape index (κ1) is 20.9. The second-order valence-corrected chi connectivity index (χ2v) is 7.49. The Balaban J connectivity index is 1.42. The van der Waals surface area contributed by atoms with Crippen LogP contribution in [-0.4, -0.2) is 69.6 Å². The summed E-state index contributed by atoms with van der Waals surface area (Å²) in [5.41, 5.74) is 8.25. The number of morpholine rings is 1. The Labute approximate surface area is 168 Å². The molecular weight excluding hydrogens is 356 g/mol. The van der Waals surface area contributed by atoms with Crippen LogP contribution in [0.25, 0.3) is 0 Å². The molecule has 156 valence electrons. The SMILES string of the molecule is Cc1ccc(CN=C(N)NCCCN2CCOCC2)c(OCC2CCCO2)c1. The summed E-state index contributed by atoms with van der Waals surface area (Å²) >= 11 is 0. The molecule has 0 aliphatic carbocycles. The highest BCUT2D eigenvalue weighted by molar-refractivity contribution is 5.77. The largest absolute Gasteiger partial charge is 0.491 e. The lowest BCUT2D eigenvalue weighted by atomic mass is 10.1. The summed E-state index contributed by atoms with van der Waals surface area (Å²) in [6.45, 7) is 9.60. The van der Waals surface area contributed by atoms with Gasteiger partial charge in [-0.15, -0.1) is 0 Å². The third kappa shape index (κ3) is 6.96. The maximum absolute atomic E-state index is 6.04. The van der Waals surface area contributed by atoms with Crippen molar-refractivity contribution in [3.05, 3.63) is 29.3 Å². The molecular formula is C21H34N4O3. The smallest absolute Gasteiger partial charge is 0.188 e. The lowest BCUT2D eigenvalue weighted by Gasteiger charge is -2.26. The van der Waals surface area contributed by atoms with Crippen LogP contribution in [0.2, 0.25) is 0 Å². The van der Waals surface area contributed by atoms with Gasteiger partial charge in [-0.1, -0.05) is 12.1 Å². The molecule has 0 amide bonds. The Morgan fingerprint density at radius 2 is 2.18 bits per heavy atom. The van der Waals surface area contributed by atoms with Gasteiger partial charge in [0.2, 0.25) is 0 Å². The molecule has 1 aromatic rings. The van der Waals surface area contributed by atoms with Crippen LogP contribution in [0.15, 0.2) is 23.2 Å². The number of aryl methyl sites for hydroxylation is 1. The average molecular weight is 391 g/mol. The maximum atomic E-state index is 6.04. The molecule has 0 saturated carbocycles. The second-order valence-electron chi connectivity index (χ2n) is 7.49. The molecule has 7 nitrogen and oxygen atoms in total. The summed E-state index contributed by atoms with van der Waals surface area (Å²) in [7, 11) is 0. The Morgan fingerprint density at radius 3 is 2.96 bits per heavy atom. The zero-order valence-electron chi connectivity index (χ0n) is 17.0. The number of benzene rings is 1. The summed E-state index contributed by atoms with van der Waals surface area (Å²) in [6.07, 6.45) is 3.43. The fraction of sp³-hybridized carbons (Fsp3) is 0.667. The van der Waals surface area contributed by atoms with Crippen molar-refractivity contribution in [2.24, 2.45) is 10.7 Å². The van der Waals surface area contributed by atoms with Gasteiger partial charge in [0.05, 0.1) is 25.9 Å². The van der Waals surface area contributed by atoms with Gasteiger partial charge < -0.3 is 25.3 Å². The Hall–Kier alpha value is -1.83. The molecule has 2 heterocycles. The van der Waals surface area contributed by atoms with E-state index < -0.39 is 0 Å². The van der Waals surface area contributed by atoms with E-state index in [-0.39, 0.29) is 6.10 Å². The predicted octanol–water partition coefficient (Wildman–Crippen LogP) is 1.68. The van der Waals surface area contributed by atoms with Gasteiger partial charge in [-0.3, -0.25) is 4.90 Å². The van der Waals surface area contributed by atoms with Gasteiger partial charge in [-0.25, -0.2) is 4.99 Å². The van der Waals surface area contributed by atoms with Crippen molar-refractivity contribution < 1.29 is 14.2 Å². The van der Waals surface area contributed by atoms with E-state index >= 15 is 0 Å². The van der Waals surface area contributed by atoms with Crippen LogP contribution in [0, 0.1) is 6.92 Å². The maximum Gasteiger partial charge on any atom is 0.188 e. The van der Waals surface area contributed by atoms with Crippen molar-refractivity contribution in [2.45, 2.75) is 38.8 Å². The van der Waals surface area contributed by atoms with Gasteiger partial charge in [-0.2, -0.15) is 0 Å². The third-order valence-electron chi connectivity index (χ3n) is 5.15. The van der Waals surface area contributed by atoms with E-state index in [1.165, 1.54) is 5.56 Å². The number of hydrogen-bond acceptors (Lipinski definition) is 5. The third-order valence-corrected chi connectivity index (χ3v) is 5.15. The zero-order chi connectivity index (χ0) is 19.6. The zero-order valence-corrected chi connectivity index (χ0v) is 17.0.